The molecule has 11 heteroatoms. The van der Waals surface area contributed by atoms with Crippen LogP contribution in [0.4, 0.5) is 18.3 Å². The van der Waals surface area contributed by atoms with E-state index in [1.165, 1.54) is 34.4 Å². The van der Waals surface area contributed by atoms with Crippen molar-refractivity contribution in [2.45, 2.75) is 0 Å². The van der Waals surface area contributed by atoms with Crippen molar-refractivity contribution in [2.24, 2.45) is 0 Å². The molecule has 2 heterocycles. The van der Waals surface area contributed by atoms with Crippen LogP contribution in [0.15, 0.2) is 41.8 Å². The molecule has 1 saturated heterocycles. The molecular weight excluding hydrogens is 477 g/mol. The molecule has 4 rings (SSSR count). The number of anilines is 1. The fourth-order valence-electron chi connectivity index (χ4n) is 3.42. The van der Waals surface area contributed by atoms with Gasteiger partial charge in [-0.1, -0.05) is 11.6 Å². The first-order valence-electron chi connectivity index (χ1n) is 9.97. The monoisotopic (exact) mass is 494 g/mol. The van der Waals surface area contributed by atoms with Gasteiger partial charge < -0.3 is 10.2 Å². The largest absolute Gasteiger partial charge is 0.336 e. The molecule has 2 aromatic carbocycles. The van der Waals surface area contributed by atoms with Gasteiger partial charge in [0.1, 0.15) is 5.82 Å². The van der Waals surface area contributed by atoms with Crippen LogP contribution in [0.5, 0.6) is 0 Å². The first kappa shape index (κ1) is 23.2. The van der Waals surface area contributed by atoms with Crippen LogP contribution in [0.2, 0.25) is 5.02 Å². The highest BCUT2D eigenvalue weighted by atomic mass is 35.5. The third kappa shape index (κ3) is 5.52. The maximum absolute atomic E-state index is 14.0. The maximum atomic E-state index is 14.0. The number of halogens is 4. The number of thiazole rings is 1. The van der Waals surface area contributed by atoms with Gasteiger partial charge in [-0.25, -0.2) is 18.2 Å². The van der Waals surface area contributed by atoms with Gasteiger partial charge in [-0.3, -0.25) is 14.5 Å². The molecule has 0 bridgehead atoms. The lowest BCUT2D eigenvalue weighted by atomic mass is 10.1. The van der Waals surface area contributed by atoms with Crippen LogP contribution in [0, 0.1) is 17.5 Å². The van der Waals surface area contributed by atoms with E-state index < -0.39 is 23.4 Å². The van der Waals surface area contributed by atoms with Gasteiger partial charge in [0.15, 0.2) is 16.8 Å². The lowest BCUT2D eigenvalue weighted by Crippen LogP contribution is -2.50. The van der Waals surface area contributed by atoms with Crippen molar-refractivity contribution < 1.29 is 22.8 Å². The van der Waals surface area contributed by atoms with Gasteiger partial charge >= 0.3 is 0 Å². The normalized spacial score (nSPS) is 14.4. The first-order chi connectivity index (χ1) is 15.8. The lowest BCUT2D eigenvalue weighted by Gasteiger charge is -2.34. The molecule has 1 aliphatic rings. The summed E-state index contributed by atoms with van der Waals surface area (Å²) in [7, 11) is 0. The molecule has 1 N–H and O–H groups in total. The number of carbonyl (C=O) groups is 2. The first-order valence-corrected chi connectivity index (χ1v) is 11.2. The Morgan fingerprint density at radius 2 is 1.73 bits per heavy atom. The smallest absolute Gasteiger partial charge is 0.256 e. The second-order valence-corrected chi connectivity index (χ2v) is 8.70. The van der Waals surface area contributed by atoms with E-state index >= 15 is 0 Å². The number of hydrogen-bond donors (Lipinski definition) is 1. The van der Waals surface area contributed by atoms with Crippen molar-refractivity contribution in [3.8, 4) is 11.3 Å². The van der Waals surface area contributed by atoms with Gasteiger partial charge in [0.2, 0.25) is 5.91 Å². The lowest BCUT2D eigenvalue weighted by molar-refractivity contribution is -0.117. The van der Waals surface area contributed by atoms with Gasteiger partial charge in [0.05, 0.1) is 17.8 Å². The van der Waals surface area contributed by atoms with Crippen LogP contribution < -0.4 is 5.32 Å². The number of benzene rings is 2. The summed E-state index contributed by atoms with van der Waals surface area (Å²) in [6.45, 7) is 1.66. The number of rotatable bonds is 5. The van der Waals surface area contributed by atoms with Gasteiger partial charge in [0.25, 0.3) is 5.91 Å². The number of amides is 2. The molecule has 6 nitrogen and oxygen atoms in total. The van der Waals surface area contributed by atoms with Crippen molar-refractivity contribution >= 4 is 39.9 Å². The zero-order valence-electron chi connectivity index (χ0n) is 17.2. The number of nitrogens with one attached hydrogen (secondary N) is 1. The Bertz CT molecular complexity index is 1200. The highest BCUT2D eigenvalue weighted by Crippen LogP contribution is 2.26. The molecule has 0 aliphatic carbocycles. The van der Waals surface area contributed by atoms with E-state index in [2.05, 4.69) is 10.3 Å². The summed E-state index contributed by atoms with van der Waals surface area (Å²) >= 11 is 7.04. The molecule has 0 radical (unpaired) electrons. The van der Waals surface area contributed by atoms with E-state index in [9.17, 15) is 22.8 Å². The Morgan fingerprint density at radius 3 is 2.45 bits per heavy atom. The Balaban J connectivity index is 1.29. The quantitative estimate of drug-likeness (QED) is 0.575. The molecule has 33 heavy (non-hydrogen) atoms. The average molecular weight is 495 g/mol. The van der Waals surface area contributed by atoms with Crippen molar-refractivity contribution in [3.05, 3.63) is 69.8 Å². The molecule has 0 spiro atoms. The van der Waals surface area contributed by atoms with Crippen LogP contribution in [-0.2, 0) is 4.79 Å². The van der Waals surface area contributed by atoms with Crippen molar-refractivity contribution in [3.63, 3.8) is 0 Å². The minimum atomic E-state index is -0.971. The maximum Gasteiger partial charge on any atom is 0.256 e. The highest BCUT2D eigenvalue weighted by molar-refractivity contribution is 7.14. The number of carbonyl (C=O) groups excluding carboxylic acids is 2. The molecule has 1 aromatic heterocycles. The van der Waals surface area contributed by atoms with E-state index in [0.29, 0.717) is 42.6 Å². The Hall–Kier alpha value is -2.95. The van der Waals surface area contributed by atoms with Crippen molar-refractivity contribution in [2.75, 3.05) is 38.0 Å². The second kappa shape index (κ2) is 9.90. The number of hydrogen-bond acceptors (Lipinski definition) is 5. The predicted octanol–water partition coefficient (Wildman–Crippen LogP) is 4.28. The standard InChI is InChI=1S/C22H18ClF3N4O2S/c23-14-2-4-16(24)15(10-14)21(32)30-7-5-29(6-8-30)11-20(31)28-22-27-19(12-33-22)13-1-3-17(25)18(26)9-13/h1-4,9-10,12H,5-8,11H2,(H,27,28,31). The number of aromatic nitrogens is 1. The van der Waals surface area contributed by atoms with Crippen molar-refractivity contribution in [1.29, 1.82) is 0 Å². The van der Waals surface area contributed by atoms with Gasteiger partial charge in [0, 0.05) is 42.1 Å². The average Bonchev–Trinajstić information content (AvgIpc) is 3.25. The molecule has 3 aromatic rings. The summed E-state index contributed by atoms with van der Waals surface area (Å²) < 4.78 is 40.5. The molecule has 0 saturated carbocycles. The van der Waals surface area contributed by atoms with E-state index in [4.69, 9.17) is 11.6 Å². The highest BCUT2D eigenvalue weighted by Gasteiger charge is 2.25. The van der Waals surface area contributed by atoms with Gasteiger partial charge in [-0.05, 0) is 36.4 Å². The third-order valence-corrected chi connectivity index (χ3v) is 6.14. The van der Waals surface area contributed by atoms with Crippen LogP contribution in [-0.4, -0.2) is 59.3 Å². The predicted molar refractivity (Wildman–Crippen MR) is 120 cm³/mol. The zero-order chi connectivity index (χ0) is 23.5. The van der Waals surface area contributed by atoms with Gasteiger partial charge in [-0.15, -0.1) is 11.3 Å². The second-order valence-electron chi connectivity index (χ2n) is 7.41. The fraction of sp³-hybridized carbons (Fsp3) is 0.227. The zero-order valence-corrected chi connectivity index (χ0v) is 18.7. The molecular formula is C22H18ClF3N4O2S. The molecule has 1 fully saturated rings. The van der Waals surface area contributed by atoms with Crippen LogP contribution in [0.3, 0.4) is 0 Å². The van der Waals surface area contributed by atoms with E-state index in [-0.39, 0.29) is 23.0 Å². The van der Waals surface area contributed by atoms with Crippen LogP contribution in [0.1, 0.15) is 10.4 Å². The van der Waals surface area contributed by atoms with Gasteiger partial charge in [-0.2, -0.15) is 0 Å². The van der Waals surface area contributed by atoms with Crippen LogP contribution in [0.25, 0.3) is 11.3 Å². The van der Waals surface area contributed by atoms with E-state index in [0.717, 1.165) is 18.2 Å². The third-order valence-electron chi connectivity index (χ3n) is 5.15. The summed E-state index contributed by atoms with van der Waals surface area (Å²) in [6.07, 6.45) is 0. The topological polar surface area (TPSA) is 65.5 Å². The van der Waals surface area contributed by atoms with Crippen molar-refractivity contribution in [1.82, 2.24) is 14.8 Å². The minimum absolute atomic E-state index is 0.0747. The molecule has 2 amide bonds. The summed E-state index contributed by atoms with van der Waals surface area (Å²) in [5.41, 5.74) is 0.756. The van der Waals surface area contributed by atoms with Crippen LogP contribution >= 0.6 is 22.9 Å². The molecule has 0 unspecified atom stereocenters. The number of piperazine rings is 1. The molecule has 0 atom stereocenters. The summed E-state index contributed by atoms with van der Waals surface area (Å²) in [5, 5.41) is 4.95. The van der Waals surface area contributed by atoms with E-state index in [1.54, 1.807) is 5.38 Å². The Labute approximate surface area is 196 Å². The van der Waals surface area contributed by atoms with E-state index in [1.807, 2.05) is 4.90 Å². The number of nitrogens with zero attached hydrogens (tertiary/aromatic N) is 3. The Kier molecular flexibility index (Phi) is 6.96. The molecule has 1 aliphatic heterocycles. The summed E-state index contributed by atoms with van der Waals surface area (Å²) in [6, 6.07) is 7.33. The SMILES string of the molecule is O=C(CN1CCN(C(=O)c2cc(Cl)ccc2F)CC1)Nc1nc(-c2ccc(F)c(F)c2)cs1. The molecule has 172 valence electrons. The Morgan fingerprint density at radius 1 is 1.00 bits per heavy atom. The minimum Gasteiger partial charge on any atom is -0.336 e. The summed E-state index contributed by atoms with van der Waals surface area (Å²) in [4.78, 5) is 32.6. The fourth-order valence-corrected chi connectivity index (χ4v) is 4.33. The summed E-state index contributed by atoms with van der Waals surface area (Å²) in [5.74, 6) is -3.27.